The van der Waals surface area contributed by atoms with Crippen LogP contribution in [0.2, 0.25) is 0 Å². The third-order valence-corrected chi connectivity index (χ3v) is 9.34. The molecular formula is C29H44S2. The van der Waals surface area contributed by atoms with Gasteiger partial charge >= 0.3 is 0 Å². The molecule has 0 radical (unpaired) electrons. The van der Waals surface area contributed by atoms with Gasteiger partial charge in [0.15, 0.2) is 0 Å². The van der Waals surface area contributed by atoms with Crippen LogP contribution in [0.4, 0.5) is 0 Å². The molecule has 2 aliphatic rings. The summed E-state index contributed by atoms with van der Waals surface area (Å²) in [4.78, 5) is 4.35. The van der Waals surface area contributed by atoms with E-state index in [9.17, 15) is 0 Å². The fourth-order valence-corrected chi connectivity index (χ4v) is 5.78. The van der Waals surface area contributed by atoms with Gasteiger partial charge in [-0.3, -0.25) is 0 Å². The maximum Gasteiger partial charge on any atom is 0.0328 e. The molecule has 0 nitrogen and oxygen atoms in total. The van der Waals surface area contributed by atoms with Crippen LogP contribution in [0.5, 0.6) is 0 Å². The van der Waals surface area contributed by atoms with Crippen LogP contribution in [0, 0.1) is 21.7 Å². The Bertz CT molecular complexity index is 826. The number of rotatable bonds is 2. The van der Waals surface area contributed by atoms with Gasteiger partial charge in [0.25, 0.3) is 0 Å². The summed E-state index contributed by atoms with van der Waals surface area (Å²) in [6.07, 6.45) is 16.3. The lowest BCUT2D eigenvalue weighted by Crippen LogP contribution is -2.25. The topological polar surface area (TPSA) is 0 Å². The maximum atomic E-state index is 2.44. The molecule has 0 fully saturated rings. The van der Waals surface area contributed by atoms with Crippen LogP contribution in [0.1, 0.15) is 83.1 Å². The summed E-state index contributed by atoms with van der Waals surface area (Å²) in [7, 11) is 0. The lowest BCUT2D eigenvalue weighted by molar-refractivity contribution is 0.430. The second-order valence-electron chi connectivity index (χ2n) is 13.0. The highest BCUT2D eigenvalue weighted by Crippen LogP contribution is 2.49. The summed E-state index contributed by atoms with van der Waals surface area (Å²) >= 11 is 3.98. The van der Waals surface area contributed by atoms with E-state index in [1.54, 1.807) is 0 Å². The summed E-state index contributed by atoms with van der Waals surface area (Å²) < 4.78 is 0. The summed E-state index contributed by atoms with van der Waals surface area (Å²) in [5.74, 6) is 0. The Morgan fingerprint density at radius 3 is 1.58 bits per heavy atom. The minimum Gasteiger partial charge on any atom is -0.122 e. The quantitative estimate of drug-likeness (QED) is 0.405. The van der Waals surface area contributed by atoms with Crippen molar-refractivity contribution in [2.45, 2.75) is 88.3 Å². The Hall–Kier alpha value is -0.860. The Kier molecular flexibility index (Phi) is 7.81. The van der Waals surface area contributed by atoms with Gasteiger partial charge in [0, 0.05) is 5.25 Å². The molecule has 1 unspecified atom stereocenters. The first-order valence-corrected chi connectivity index (χ1v) is 13.2. The van der Waals surface area contributed by atoms with Gasteiger partial charge in [-0.2, -0.15) is 0 Å². The number of hydrogen-bond donors (Lipinski definition) is 0. The molecule has 0 saturated heterocycles. The van der Waals surface area contributed by atoms with Crippen molar-refractivity contribution in [2.24, 2.45) is 21.7 Å². The molecule has 2 heteroatoms. The van der Waals surface area contributed by atoms with Gasteiger partial charge in [-0.15, -0.1) is 11.8 Å². The summed E-state index contributed by atoms with van der Waals surface area (Å²) in [6, 6.07) is 0. The number of allylic oxidation sites excluding steroid dienone is 11. The molecule has 172 valence electrons. The van der Waals surface area contributed by atoms with E-state index in [1.165, 1.54) is 25.9 Å². The number of hydrogen-bond acceptors (Lipinski definition) is 2. The van der Waals surface area contributed by atoms with E-state index in [4.69, 9.17) is 0 Å². The maximum absolute atomic E-state index is 2.44. The van der Waals surface area contributed by atoms with Crippen molar-refractivity contribution in [1.82, 2.24) is 0 Å². The zero-order chi connectivity index (χ0) is 23.8. The molecule has 0 bridgehead atoms. The average Bonchev–Trinajstić information content (AvgIpc) is 2.58. The smallest absolute Gasteiger partial charge is 0.0328 e. The van der Waals surface area contributed by atoms with Gasteiger partial charge in [-0.25, -0.2) is 0 Å². The van der Waals surface area contributed by atoms with Crippen LogP contribution < -0.4 is 0 Å². The summed E-state index contributed by atoms with van der Waals surface area (Å²) in [6.45, 7) is 27.8. The van der Waals surface area contributed by atoms with Crippen LogP contribution in [-0.4, -0.2) is 5.25 Å². The van der Waals surface area contributed by atoms with E-state index >= 15 is 0 Å². The van der Waals surface area contributed by atoms with Gasteiger partial charge in [0.1, 0.15) is 0 Å². The molecular weight excluding hydrogens is 412 g/mol. The molecule has 2 aliphatic heterocycles. The molecule has 31 heavy (non-hydrogen) atoms. The predicted molar refractivity (Wildman–Crippen MR) is 146 cm³/mol. The lowest BCUT2D eigenvalue weighted by Gasteiger charge is -2.35. The van der Waals surface area contributed by atoms with Crippen LogP contribution in [0.25, 0.3) is 0 Å². The van der Waals surface area contributed by atoms with Crippen molar-refractivity contribution in [2.75, 3.05) is 0 Å². The highest BCUT2D eigenvalue weighted by molar-refractivity contribution is 8.06. The Morgan fingerprint density at radius 1 is 0.677 bits per heavy atom. The second-order valence-corrected chi connectivity index (χ2v) is 15.2. The van der Waals surface area contributed by atoms with E-state index in [0.29, 0.717) is 5.25 Å². The molecule has 0 saturated carbocycles. The summed E-state index contributed by atoms with van der Waals surface area (Å²) in [5.41, 5.74) is 3.35. The first-order chi connectivity index (χ1) is 13.9. The van der Waals surface area contributed by atoms with E-state index in [-0.39, 0.29) is 21.7 Å². The Morgan fingerprint density at radius 2 is 1.16 bits per heavy atom. The highest BCUT2D eigenvalue weighted by Gasteiger charge is 2.31. The third-order valence-electron chi connectivity index (χ3n) is 5.36. The monoisotopic (exact) mass is 456 g/mol. The molecule has 1 atom stereocenters. The van der Waals surface area contributed by atoms with Gasteiger partial charge in [-0.1, -0.05) is 119 Å². The van der Waals surface area contributed by atoms with Gasteiger partial charge in [0.05, 0.1) is 0 Å². The fourth-order valence-electron chi connectivity index (χ4n) is 3.13. The van der Waals surface area contributed by atoms with E-state index in [2.05, 4.69) is 126 Å². The van der Waals surface area contributed by atoms with Gasteiger partial charge in [-0.05, 0) is 65.7 Å². The second kappa shape index (κ2) is 9.18. The lowest BCUT2D eigenvalue weighted by atomic mass is 9.88. The first-order valence-electron chi connectivity index (χ1n) is 11.5. The Labute approximate surface area is 201 Å². The predicted octanol–water partition coefficient (Wildman–Crippen LogP) is 10.1. The van der Waals surface area contributed by atoms with Crippen molar-refractivity contribution in [3.05, 3.63) is 68.4 Å². The van der Waals surface area contributed by atoms with E-state index < -0.39 is 0 Å². The van der Waals surface area contributed by atoms with Crippen LogP contribution >= 0.6 is 23.5 Å². The highest BCUT2D eigenvalue weighted by atomic mass is 32.2. The molecule has 0 aliphatic carbocycles. The SMILES string of the molecule is CC(C)(C)C1=CC(=CC=CC2=CC(C(C)(C)C)SC(C(C)(C)C)=C2)C=C(C(C)(C)C)S1. The van der Waals surface area contributed by atoms with Crippen LogP contribution in [0.3, 0.4) is 0 Å². The summed E-state index contributed by atoms with van der Waals surface area (Å²) in [5, 5.41) is 0.491. The van der Waals surface area contributed by atoms with Crippen molar-refractivity contribution in [3.63, 3.8) is 0 Å². The van der Waals surface area contributed by atoms with Crippen molar-refractivity contribution < 1.29 is 0 Å². The van der Waals surface area contributed by atoms with E-state index in [1.807, 2.05) is 23.5 Å². The largest absolute Gasteiger partial charge is 0.122 e. The molecule has 0 N–H and O–H groups in total. The zero-order valence-corrected chi connectivity index (χ0v) is 23.6. The number of thioether (sulfide) groups is 2. The molecule has 0 aromatic carbocycles. The molecule has 2 rings (SSSR count). The minimum absolute atomic E-state index is 0.158. The van der Waals surface area contributed by atoms with Crippen molar-refractivity contribution in [1.29, 1.82) is 0 Å². The van der Waals surface area contributed by atoms with Crippen molar-refractivity contribution >= 4 is 23.5 Å². The fraction of sp³-hybridized carbons (Fsp3) is 0.586. The standard InChI is InChI=1S/C29H44S2/c1-26(2,3)22-16-20(17-23(30-22)27(4,5)6)14-13-15-21-18-24(28(7,8)9)31-25(19-21)29(10,11)12/h13-19,22H,1-12H3. The zero-order valence-electron chi connectivity index (χ0n) is 21.9. The molecule has 0 aromatic heterocycles. The van der Waals surface area contributed by atoms with Crippen molar-refractivity contribution in [3.8, 4) is 0 Å². The first kappa shape index (κ1) is 26.4. The molecule has 0 amide bonds. The van der Waals surface area contributed by atoms with Gasteiger partial charge < -0.3 is 0 Å². The normalized spacial score (nSPS) is 21.5. The molecule has 2 heterocycles. The third kappa shape index (κ3) is 7.60. The molecule has 0 aromatic rings. The molecule has 0 spiro atoms. The minimum atomic E-state index is 0.158. The Balaban J connectivity index is 2.40. The van der Waals surface area contributed by atoms with E-state index in [0.717, 1.165) is 0 Å². The van der Waals surface area contributed by atoms with Crippen LogP contribution in [0.15, 0.2) is 68.4 Å². The van der Waals surface area contributed by atoms with Crippen LogP contribution in [-0.2, 0) is 0 Å². The average molecular weight is 457 g/mol. The van der Waals surface area contributed by atoms with Gasteiger partial charge in [0.2, 0.25) is 0 Å².